The number of anilines is 2. The number of carbonyl (C=O) groups is 1. The van der Waals surface area contributed by atoms with Gasteiger partial charge in [-0.05, 0) is 36.5 Å². The summed E-state index contributed by atoms with van der Waals surface area (Å²) in [7, 11) is -3.56. The number of halogens is 1. The second-order valence-electron chi connectivity index (χ2n) is 6.40. The van der Waals surface area contributed by atoms with Crippen molar-refractivity contribution in [2.75, 3.05) is 15.8 Å². The van der Waals surface area contributed by atoms with Crippen molar-refractivity contribution in [2.45, 2.75) is 44.9 Å². The molecule has 1 aromatic carbocycles. The zero-order valence-corrected chi connectivity index (χ0v) is 13.7. The number of hydrogen-bond donors (Lipinski definition) is 2. The van der Waals surface area contributed by atoms with E-state index in [0.29, 0.717) is 30.9 Å². The molecule has 0 unspecified atom stereocenters. The van der Waals surface area contributed by atoms with E-state index < -0.39 is 15.8 Å². The minimum atomic E-state index is -3.56. The van der Waals surface area contributed by atoms with E-state index in [1.54, 1.807) is 0 Å². The van der Waals surface area contributed by atoms with Gasteiger partial charge in [-0.25, -0.2) is 12.8 Å². The monoisotopic (exact) mass is 340 g/mol. The molecule has 1 aromatic rings. The molecular weight excluding hydrogens is 319 g/mol. The normalized spacial score (nSPS) is 18.6. The van der Waals surface area contributed by atoms with Gasteiger partial charge in [-0.1, -0.05) is 25.7 Å². The maximum atomic E-state index is 14.1. The number of fused-ring (bicyclic) bond motifs is 1. The molecule has 1 fully saturated rings. The Labute approximate surface area is 135 Å². The van der Waals surface area contributed by atoms with E-state index in [0.717, 1.165) is 18.4 Å². The Morgan fingerprint density at radius 2 is 1.96 bits per heavy atom. The third kappa shape index (κ3) is 4.02. The van der Waals surface area contributed by atoms with E-state index in [9.17, 15) is 17.6 Å². The van der Waals surface area contributed by atoms with Crippen LogP contribution < -0.4 is 10.0 Å². The molecule has 5 nitrogen and oxygen atoms in total. The molecule has 2 N–H and O–H groups in total. The molecule has 1 aliphatic heterocycles. The summed E-state index contributed by atoms with van der Waals surface area (Å²) < 4.78 is 40.8. The van der Waals surface area contributed by atoms with E-state index in [2.05, 4.69) is 10.0 Å². The van der Waals surface area contributed by atoms with Gasteiger partial charge in [0.1, 0.15) is 5.82 Å². The lowest BCUT2D eigenvalue weighted by Gasteiger charge is -2.19. The molecule has 1 aliphatic carbocycles. The highest BCUT2D eigenvalue weighted by Crippen LogP contribution is 2.30. The number of nitrogens with one attached hydrogen (secondary N) is 2. The highest BCUT2D eigenvalue weighted by Gasteiger charge is 2.22. The lowest BCUT2D eigenvalue weighted by atomic mass is 10.0. The lowest BCUT2D eigenvalue weighted by molar-refractivity contribution is -0.116. The quantitative estimate of drug-likeness (QED) is 0.865. The number of sulfonamides is 1. The topological polar surface area (TPSA) is 75.3 Å². The van der Waals surface area contributed by atoms with Crippen molar-refractivity contribution in [1.29, 1.82) is 0 Å². The summed E-state index contributed by atoms with van der Waals surface area (Å²) in [5.41, 5.74) is 1.14. The van der Waals surface area contributed by atoms with E-state index >= 15 is 0 Å². The number of amides is 1. The van der Waals surface area contributed by atoms with Crippen LogP contribution in [-0.4, -0.2) is 20.1 Å². The van der Waals surface area contributed by atoms with Crippen LogP contribution in [0, 0.1) is 11.7 Å². The Morgan fingerprint density at radius 1 is 1.22 bits per heavy atom. The SMILES string of the molecule is O=C1CCc2cc(NS(=O)(=O)CCC3CCCC3)c(F)cc2N1. The van der Waals surface area contributed by atoms with E-state index in [4.69, 9.17) is 0 Å². The van der Waals surface area contributed by atoms with Gasteiger partial charge in [0.15, 0.2) is 0 Å². The molecule has 2 aliphatic rings. The van der Waals surface area contributed by atoms with Crippen LogP contribution in [0.4, 0.5) is 15.8 Å². The molecule has 0 radical (unpaired) electrons. The number of benzene rings is 1. The van der Waals surface area contributed by atoms with Crippen molar-refractivity contribution in [1.82, 2.24) is 0 Å². The average Bonchev–Trinajstić information content (AvgIpc) is 3.00. The number of rotatable bonds is 5. The molecule has 0 bridgehead atoms. The molecule has 7 heteroatoms. The minimum absolute atomic E-state index is 0.0188. The van der Waals surface area contributed by atoms with E-state index in [1.165, 1.54) is 25.0 Å². The molecule has 0 aromatic heterocycles. The zero-order chi connectivity index (χ0) is 16.4. The van der Waals surface area contributed by atoms with Crippen molar-refractivity contribution in [3.63, 3.8) is 0 Å². The highest BCUT2D eigenvalue weighted by atomic mass is 32.2. The van der Waals surface area contributed by atoms with Crippen LogP contribution in [0.25, 0.3) is 0 Å². The van der Waals surface area contributed by atoms with Crippen LogP contribution in [0.5, 0.6) is 0 Å². The maximum absolute atomic E-state index is 14.1. The molecule has 0 spiro atoms. The fourth-order valence-electron chi connectivity index (χ4n) is 3.32. The van der Waals surface area contributed by atoms with Crippen molar-refractivity contribution in [3.8, 4) is 0 Å². The van der Waals surface area contributed by atoms with E-state index in [-0.39, 0.29) is 17.3 Å². The Bertz CT molecular complexity index is 712. The average molecular weight is 340 g/mol. The fourth-order valence-corrected chi connectivity index (χ4v) is 4.56. The van der Waals surface area contributed by atoms with Crippen LogP contribution in [0.2, 0.25) is 0 Å². The molecule has 3 rings (SSSR count). The summed E-state index contributed by atoms with van der Waals surface area (Å²) in [6.45, 7) is 0. The molecule has 1 saturated carbocycles. The van der Waals surface area contributed by atoms with Crippen molar-refractivity contribution in [2.24, 2.45) is 5.92 Å². The third-order valence-electron chi connectivity index (χ3n) is 4.62. The van der Waals surface area contributed by atoms with Crippen LogP contribution >= 0.6 is 0 Å². The van der Waals surface area contributed by atoms with Crippen LogP contribution in [0.15, 0.2) is 12.1 Å². The molecular formula is C16H21FN2O3S. The number of aryl methyl sites for hydroxylation is 1. The van der Waals surface area contributed by atoms with Crippen LogP contribution in [0.1, 0.15) is 44.1 Å². The Kier molecular flexibility index (Phi) is 4.57. The first-order chi connectivity index (χ1) is 10.9. The largest absolute Gasteiger partial charge is 0.326 e. The zero-order valence-electron chi connectivity index (χ0n) is 12.9. The van der Waals surface area contributed by atoms with Crippen molar-refractivity contribution >= 4 is 27.3 Å². The molecule has 1 heterocycles. The van der Waals surface area contributed by atoms with Gasteiger partial charge in [0.2, 0.25) is 15.9 Å². The fraction of sp³-hybridized carbons (Fsp3) is 0.562. The first kappa shape index (κ1) is 16.2. The molecule has 126 valence electrons. The minimum Gasteiger partial charge on any atom is -0.326 e. The van der Waals surface area contributed by atoms with Gasteiger partial charge in [0, 0.05) is 12.1 Å². The van der Waals surface area contributed by atoms with Gasteiger partial charge in [-0.2, -0.15) is 0 Å². The maximum Gasteiger partial charge on any atom is 0.232 e. The van der Waals surface area contributed by atoms with Gasteiger partial charge < -0.3 is 5.32 Å². The second-order valence-corrected chi connectivity index (χ2v) is 8.24. The van der Waals surface area contributed by atoms with Crippen molar-refractivity contribution in [3.05, 3.63) is 23.5 Å². The summed E-state index contributed by atoms with van der Waals surface area (Å²) in [6.07, 6.45) is 5.94. The number of hydrogen-bond acceptors (Lipinski definition) is 3. The predicted molar refractivity (Wildman–Crippen MR) is 87.3 cm³/mol. The van der Waals surface area contributed by atoms with Crippen molar-refractivity contribution < 1.29 is 17.6 Å². The van der Waals surface area contributed by atoms with Gasteiger partial charge >= 0.3 is 0 Å². The van der Waals surface area contributed by atoms with Gasteiger partial charge in [0.05, 0.1) is 11.4 Å². The summed E-state index contributed by atoms with van der Waals surface area (Å²) in [5, 5.41) is 2.60. The third-order valence-corrected chi connectivity index (χ3v) is 5.93. The summed E-state index contributed by atoms with van der Waals surface area (Å²) in [6, 6.07) is 2.67. The number of carbonyl (C=O) groups excluding carboxylic acids is 1. The molecule has 23 heavy (non-hydrogen) atoms. The highest BCUT2D eigenvalue weighted by molar-refractivity contribution is 7.92. The Hall–Kier alpha value is -1.63. The Balaban J connectivity index is 1.70. The molecule has 1 amide bonds. The molecule has 0 atom stereocenters. The van der Waals surface area contributed by atoms with E-state index in [1.807, 2.05) is 0 Å². The van der Waals surface area contributed by atoms with Crippen LogP contribution in [0.3, 0.4) is 0 Å². The predicted octanol–water partition coefficient (Wildman–Crippen LogP) is 3.03. The smallest absolute Gasteiger partial charge is 0.232 e. The summed E-state index contributed by atoms with van der Waals surface area (Å²) in [5.74, 6) is -0.336. The standard InChI is InChI=1S/C16H21FN2O3S/c17-13-10-14-12(5-6-16(20)18-14)9-15(13)19-23(21,22)8-7-11-3-1-2-4-11/h9-11,19H,1-8H2,(H,18,20). The summed E-state index contributed by atoms with van der Waals surface area (Å²) >= 11 is 0. The van der Waals surface area contributed by atoms with Gasteiger partial charge in [-0.15, -0.1) is 0 Å². The molecule has 0 saturated heterocycles. The van der Waals surface area contributed by atoms with Crippen LogP contribution in [-0.2, 0) is 21.2 Å². The Morgan fingerprint density at radius 3 is 2.70 bits per heavy atom. The summed E-state index contributed by atoms with van der Waals surface area (Å²) in [4.78, 5) is 11.3. The lowest BCUT2D eigenvalue weighted by Crippen LogP contribution is -2.22. The first-order valence-corrected chi connectivity index (χ1v) is 9.71. The van der Waals surface area contributed by atoms with Gasteiger partial charge in [0.25, 0.3) is 0 Å². The second kappa shape index (κ2) is 6.47. The van der Waals surface area contributed by atoms with Gasteiger partial charge in [-0.3, -0.25) is 9.52 Å². The first-order valence-electron chi connectivity index (χ1n) is 8.06.